The van der Waals surface area contributed by atoms with Gasteiger partial charge in [0.15, 0.2) is 0 Å². The minimum Gasteiger partial charge on any atom is -0.330 e. The van der Waals surface area contributed by atoms with Crippen LogP contribution in [-0.2, 0) is 9.59 Å². The lowest BCUT2D eigenvalue weighted by Gasteiger charge is -2.37. The summed E-state index contributed by atoms with van der Waals surface area (Å²) in [6.45, 7) is 3.54. The molecule has 2 aliphatic rings. The lowest BCUT2D eigenvalue weighted by atomic mass is 10.1. The standard InChI is InChI=1S/C12H21N3O2/c1-2-4-9(13)7-14-8-11(16)15-6-3-5-10(15)12(14)17/h9-10H,2-8,13H2,1H3. The van der Waals surface area contributed by atoms with E-state index in [0.29, 0.717) is 6.54 Å². The number of amides is 2. The molecular formula is C12H21N3O2. The summed E-state index contributed by atoms with van der Waals surface area (Å²) in [5, 5.41) is 0. The zero-order valence-corrected chi connectivity index (χ0v) is 10.4. The number of nitrogens with zero attached hydrogens (tertiary/aromatic N) is 2. The van der Waals surface area contributed by atoms with E-state index in [1.807, 2.05) is 0 Å². The highest BCUT2D eigenvalue weighted by molar-refractivity contribution is 5.95. The molecule has 0 aromatic carbocycles. The van der Waals surface area contributed by atoms with Crippen molar-refractivity contribution in [2.75, 3.05) is 19.6 Å². The summed E-state index contributed by atoms with van der Waals surface area (Å²) < 4.78 is 0. The van der Waals surface area contributed by atoms with Crippen molar-refractivity contribution in [3.63, 3.8) is 0 Å². The molecule has 2 unspecified atom stereocenters. The molecule has 0 aliphatic carbocycles. The Balaban J connectivity index is 1.99. The number of piperazine rings is 1. The molecule has 2 N–H and O–H groups in total. The minimum absolute atomic E-state index is 0.00953. The van der Waals surface area contributed by atoms with Crippen LogP contribution >= 0.6 is 0 Å². The zero-order chi connectivity index (χ0) is 12.4. The summed E-state index contributed by atoms with van der Waals surface area (Å²) in [7, 11) is 0. The SMILES string of the molecule is CCCC(N)CN1CC(=O)N2CCCC2C1=O. The maximum Gasteiger partial charge on any atom is 0.245 e. The van der Waals surface area contributed by atoms with Gasteiger partial charge in [0.25, 0.3) is 0 Å². The molecule has 2 amide bonds. The van der Waals surface area contributed by atoms with Gasteiger partial charge < -0.3 is 15.5 Å². The molecule has 2 fully saturated rings. The van der Waals surface area contributed by atoms with E-state index in [1.165, 1.54) is 0 Å². The van der Waals surface area contributed by atoms with Crippen LogP contribution in [0.1, 0.15) is 32.6 Å². The normalized spacial score (nSPS) is 26.4. The third-order valence-electron chi connectivity index (χ3n) is 3.61. The van der Waals surface area contributed by atoms with Gasteiger partial charge in [-0.3, -0.25) is 9.59 Å². The number of carbonyl (C=O) groups excluding carboxylic acids is 2. The predicted molar refractivity (Wildman–Crippen MR) is 64.2 cm³/mol. The van der Waals surface area contributed by atoms with E-state index in [-0.39, 0.29) is 30.4 Å². The molecule has 5 nitrogen and oxygen atoms in total. The molecular weight excluding hydrogens is 218 g/mol. The van der Waals surface area contributed by atoms with E-state index in [2.05, 4.69) is 6.92 Å². The molecule has 0 radical (unpaired) electrons. The van der Waals surface area contributed by atoms with Crippen LogP contribution in [0.15, 0.2) is 0 Å². The fourth-order valence-electron chi connectivity index (χ4n) is 2.76. The van der Waals surface area contributed by atoms with Gasteiger partial charge in [-0.2, -0.15) is 0 Å². The Labute approximate surface area is 102 Å². The summed E-state index contributed by atoms with van der Waals surface area (Å²) >= 11 is 0. The Morgan fingerprint density at radius 3 is 2.94 bits per heavy atom. The first-order valence-electron chi connectivity index (χ1n) is 6.47. The van der Waals surface area contributed by atoms with Crippen molar-refractivity contribution < 1.29 is 9.59 Å². The lowest BCUT2D eigenvalue weighted by molar-refractivity contribution is -0.153. The summed E-state index contributed by atoms with van der Waals surface area (Å²) in [6.07, 6.45) is 3.65. The molecule has 0 bridgehead atoms. The summed E-state index contributed by atoms with van der Waals surface area (Å²) in [4.78, 5) is 27.4. The number of rotatable bonds is 4. The van der Waals surface area contributed by atoms with Crippen molar-refractivity contribution in [1.29, 1.82) is 0 Å². The minimum atomic E-state index is -0.204. The van der Waals surface area contributed by atoms with E-state index in [4.69, 9.17) is 5.73 Å². The largest absolute Gasteiger partial charge is 0.330 e. The quantitative estimate of drug-likeness (QED) is 0.748. The number of fused-ring (bicyclic) bond motifs is 1. The number of hydrogen-bond acceptors (Lipinski definition) is 3. The molecule has 0 aromatic heterocycles. The summed E-state index contributed by atoms with van der Waals surface area (Å²) in [5.41, 5.74) is 5.94. The highest BCUT2D eigenvalue weighted by Gasteiger charge is 2.41. The van der Waals surface area contributed by atoms with Crippen LogP contribution < -0.4 is 5.73 Å². The fraction of sp³-hybridized carbons (Fsp3) is 0.833. The van der Waals surface area contributed by atoms with Crippen molar-refractivity contribution >= 4 is 11.8 Å². The maximum atomic E-state index is 12.2. The van der Waals surface area contributed by atoms with E-state index >= 15 is 0 Å². The van der Waals surface area contributed by atoms with Crippen molar-refractivity contribution in [2.24, 2.45) is 5.73 Å². The average molecular weight is 239 g/mol. The lowest BCUT2D eigenvalue weighted by Crippen LogP contribution is -2.59. The van der Waals surface area contributed by atoms with Crippen LogP contribution in [0, 0.1) is 0 Å². The molecule has 0 saturated carbocycles. The number of nitrogens with two attached hydrogens (primary N) is 1. The van der Waals surface area contributed by atoms with Crippen LogP contribution in [0.4, 0.5) is 0 Å². The molecule has 17 heavy (non-hydrogen) atoms. The Hall–Kier alpha value is -1.10. The van der Waals surface area contributed by atoms with Crippen LogP contribution in [0.3, 0.4) is 0 Å². The zero-order valence-electron chi connectivity index (χ0n) is 10.4. The first-order valence-corrected chi connectivity index (χ1v) is 6.47. The van der Waals surface area contributed by atoms with Crippen molar-refractivity contribution in [3.05, 3.63) is 0 Å². The van der Waals surface area contributed by atoms with E-state index in [0.717, 1.165) is 32.2 Å². The molecule has 2 saturated heterocycles. The van der Waals surface area contributed by atoms with Crippen LogP contribution in [0.25, 0.3) is 0 Å². The van der Waals surface area contributed by atoms with Gasteiger partial charge in [-0.1, -0.05) is 13.3 Å². The van der Waals surface area contributed by atoms with Gasteiger partial charge in [0.05, 0.1) is 6.54 Å². The highest BCUT2D eigenvalue weighted by Crippen LogP contribution is 2.23. The highest BCUT2D eigenvalue weighted by atomic mass is 16.2. The van der Waals surface area contributed by atoms with Crippen molar-refractivity contribution in [3.8, 4) is 0 Å². The second-order valence-corrected chi connectivity index (χ2v) is 5.01. The van der Waals surface area contributed by atoms with Gasteiger partial charge in [-0.05, 0) is 19.3 Å². The number of hydrogen-bond donors (Lipinski definition) is 1. The van der Waals surface area contributed by atoms with E-state index in [9.17, 15) is 9.59 Å². The molecule has 2 atom stereocenters. The van der Waals surface area contributed by atoms with Gasteiger partial charge in [0.1, 0.15) is 6.04 Å². The first-order chi connectivity index (χ1) is 8.13. The summed E-state index contributed by atoms with van der Waals surface area (Å²) in [6, 6.07) is -0.213. The molecule has 96 valence electrons. The molecule has 2 heterocycles. The third kappa shape index (κ3) is 2.44. The van der Waals surface area contributed by atoms with Gasteiger partial charge >= 0.3 is 0 Å². The van der Waals surface area contributed by atoms with Crippen LogP contribution in [0.2, 0.25) is 0 Å². The summed E-state index contributed by atoms with van der Waals surface area (Å²) in [5.74, 6) is 0.171. The molecule has 5 heteroatoms. The monoisotopic (exact) mass is 239 g/mol. The predicted octanol–water partition coefficient (Wildman–Crippen LogP) is -0.0530. The third-order valence-corrected chi connectivity index (χ3v) is 3.61. The molecule has 0 spiro atoms. The number of carbonyl (C=O) groups is 2. The van der Waals surface area contributed by atoms with E-state index in [1.54, 1.807) is 9.80 Å². The smallest absolute Gasteiger partial charge is 0.245 e. The Kier molecular flexibility index (Phi) is 3.66. The van der Waals surface area contributed by atoms with Gasteiger partial charge in [0.2, 0.25) is 11.8 Å². The van der Waals surface area contributed by atoms with E-state index < -0.39 is 0 Å². The topological polar surface area (TPSA) is 66.6 Å². The maximum absolute atomic E-state index is 12.2. The Morgan fingerprint density at radius 2 is 2.24 bits per heavy atom. The van der Waals surface area contributed by atoms with Crippen LogP contribution in [0.5, 0.6) is 0 Å². The van der Waals surface area contributed by atoms with Gasteiger partial charge in [-0.25, -0.2) is 0 Å². The van der Waals surface area contributed by atoms with Crippen molar-refractivity contribution in [1.82, 2.24) is 9.80 Å². The molecule has 0 aromatic rings. The Morgan fingerprint density at radius 1 is 1.47 bits per heavy atom. The first kappa shape index (κ1) is 12.4. The average Bonchev–Trinajstić information content (AvgIpc) is 2.75. The van der Waals surface area contributed by atoms with Gasteiger partial charge in [0, 0.05) is 19.1 Å². The van der Waals surface area contributed by atoms with Gasteiger partial charge in [-0.15, -0.1) is 0 Å². The second-order valence-electron chi connectivity index (χ2n) is 5.01. The Bertz CT molecular complexity index is 319. The fourth-order valence-corrected chi connectivity index (χ4v) is 2.76. The molecule has 2 aliphatic heterocycles. The van der Waals surface area contributed by atoms with Crippen LogP contribution in [-0.4, -0.2) is 53.3 Å². The second kappa shape index (κ2) is 5.04. The van der Waals surface area contributed by atoms with Crippen molar-refractivity contribution in [2.45, 2.75) is 44.7 Å². The molecule has 2 rings (SSSR count).